The smallest absolute Gasteiger partial charge is 0.251 e. The molecule has 0 aliphatic carbocycles. The van der Waals surface area contributed by atoms with Crippen molar-refractivity contribution in [2.75, 3.05) is 31.1 Å². The number of benzene rings is 1. The first kappa shape index (κ1) is 18.5. The van der Waals surface area contributed by atoms with Gasteiger partial charge in [0, 0.05) is 49.7 Å². The monoisotopic (exact) mass is 407 g/mol. The van der Waals surface area contributed by atoms with Crippen molar-refractivity contribution in [3.05, 3.63) is 51.7 Å². The lowest BCUT2D eigenvalue weighted by Gasteiger charge is -2.23. The molecule has 0 atom stereocenters. The number of rotatable bonds is 3. The van der Waals surface area contributed by atoms with Crippen LogP contribution in [0.15, 0.2) is 24.5 Å². The molecule has 150 valence electrons. The van der Waals surface area contributed by atoms with Crippen LogP contribution in [-0.2, 0) is 13.1 Å². The van der Waals surface area contributed by atoms with Crippen molar-refractivity contribution in [3.8, 4) is 0 Å². The summed E-state index contributed by atoms with van der Waals surface area (Å²) in [5, 5.41) is 4.12. The lowest BCUT2D eigenvalue weighted by atomic mass is 10.1. The predicted octanol–water partition coefficient (Wildman–Crippen LogP) is 3.26. The van der Waals surface area contributed by atoms with Crippen LogP contribution in [-0.4, -0.2) is 47.0 Å². The number of fused-ring (bicyclic) bond motifs is 2. The van der Waals surface area contributed by atoms with Crippen LogP contribution < -0.4 is 10.2 Å². The minimum Gasteiger partial charge on any atom is -0.355 e. The number of aromatic nitrogens is 2. The van der Waals surface area contributed by atoms with Crippen LogP contribution in [0.2, 0.25) is 0 Å². The zero-order valence-corrected chi connectivity index (χ0v) is 17.7. The summed E-state index contributed by atoms with van der Waals surface area (Å²) in [5.41, 5.74) is 4.53. The topological polar surface area (TPSA) is 61.4 Å². The minimum atomic E-state index is 0.0482. The van der Waals surface area contributed by atoms with Gasteiger partial charge in [-0.15, -0.1) is 11.3 Å². The molecule has 0 bridgehead atoms. The molecule has 2 aliphatic heterocycles. The number of anilines is 1. The fraction of sp³-hybridized carbons (Fsp3) is 0.409. The number of aryl methyl sites for hydroxylation is 2. The van der Waals surface area contributed by atoms with Gasteiger partial charge in [-0.05, 0) is 43.0 Å². The Kier molecular flexibility index (Phi) is 4.72. The molecule has 0 unspecified atom stereocenters. The van der Waals surface area contributed by atoms with Gasteiger partial charge in [0.15, 0.2) is 0 Å². The molecule has 3 aromatic rings. The van der Waals surface area contributed by atoms with Crippen LogP contribution in [0.1, 0.15) is 38.3 Å². The number of carbonyl (C=O) groups excluding carboxylic acids is 1. The molecule has 1 N–H and O–H groups in total. The Morgan fingerprint density at radius 2 is 2.03 bits per heavy atom. The molecule has 0 spiro atoms. The van der Waals surface area contributed by atoms with Crippen molar-refractivity contribution in [1.82, 2.24) is 20.2 Å². The van der Waals surface area contributed by atoms with E-state index in [1.807, 2.05) is 6.07 Å². The van der Waals surface area contributed by atoms with Gasteiger partial charge in [-0.2, -0.15) is 0 Å². The van der Waals surface area contributed by atoms with E-state index in [2.05, 4.69) is 51.1 Å². The predicted molar refractivity (Wildman–Crippen MR) is 117 cm³/mol. The first-order chi connectivity index (χ1) is 14.1. The lowest BCUT2D eigenvalue weighted by Crippen LogP contribution is -2.31. The van der Waals surface area contributed by atoms with Gasteiger partial charge in [-0.3, -0.25) is 9.69 Å². The Labute approximate surface area is 174 Å². The number of hydrogen-bond acceptors (Lipinski definition) is 6. The van der Waals surface area contributed by atoms with E-state index in [0.717, 1.165) is 60.9 Å². The highest BCUT2D eigenvalue weighted by atomic mass is 32.1. The van der Waals surface area contributed by atoms with Crippen LogP contribution in [0.3, 0.4) is 0 Å². The number of nitrogens with zero attached hydrogens (tertiary/aromatic N) is 4. The van der Waals surface area contributed by atoms with Gasteiger partial charge in [0.2, 0.25) is 0 Å². The van der Waals surface area contributed by atoms with E-state index < -0.39 is 0 Å². The average molecular weight is 408 g/mol. The second-order valence-corrected chi connectivity index (χ2v) is 9.15. The van der Waals surface area contributed by atoms with Crippen LogP contribution in [0.5, 0.6) is 0 Å². The lowest BCUT2D eigenvalue weighted by molar-refractivity contribution is 0.0966. The van der Waals surface area contributed by atoms with Gasteiger partial charge in [-0.1, -0.05) is 12.1 Å². The normalized spacial score (nSPS) is 17.4. The number of carbonyl (C=O) groups is 1. The molecule has 2 aliphatic rings. The summed E-state index contributed by atoms with van der Waals surface area (Å²) in [6.07, 6.45) is 2.81. The standard InChI is InChI=1S/C22H25N5OS/c1-14-15(2)29-22-19(14)20(24-13-25-22)27-7-3-6-26(8-9-27)12-16-4-5-18-17(10-16)11-23-21(18)28/h4-5,10,13H,3,6-9,11-12H2,1-2H3,(H,23,28). The molecule has 7 heteroatoms. The van der Waals surface area contributed by atoms with E-state index >= 15 is 0 Å². The van der Waals surface area contributed by atoms with Crippen molar-refractivity contribution in [3.63, 3.8) is 0 Å². The van der Waals surface area contributed by atoms with Crippen molar-refractivity contribution >= 4 is 33.3 Å². The number of hydrogen-bond donors (Lipinski definition) is 1. The van der Waals surface area contributed by atoms with Crippen molar-refractivity contribution in [2.45, 2.75) is 33.4 Å². The largest absolute Gasteiger partial charge is 0.355 e. The van der Waals surface area contributed by atoms with E-state index in [4.69, 9.17) is 0 Å². The quantitative estimate of drug-likeness (QED) is 0.722. The molecular weight excluding hydrogens is 382 g/mol. The molecule has 29 heavy (non-hydrogen) atoms. The highest BCUT2D eigenvalue weighted by molar-refractivity contribution is 7.18. The van der Waals surface area contributed by atoms with Crippen LogP contribution in [0.4, 0.5) is 5.82 Å². The van der Waals surface area contributed by atoms with E-state index in [-0.39, 0.29) is 5.91 Å². The summed E-state index contributed by atoms with van der Waals surface area (Å²) in [7, 11) is 0. The second-order valence-electron chi connectivity index (χ2n) is 7.95. The number of nitrogens with one attached hydrogen (secondary N) is 1. The molecular formula is C22H25N5OS. The van der Waals surface area contributed by atoms with E-state index in [9.17, 15) is 4.79 Å². The van der Waals surface area contributed by atoms with E-state index in [1.54, 1.807) is 17.7 Å². The molecule has 6 nitrogen and oxygen atoms in total. The maximum atomic E-state index is 11.8. The highest BCUT2D eigenvalue weighted by Gasteiger charge is 2.22. The van der Waals surface area contributed by atoms with E-state index in [1.165, 1.54) is 21.4 Å². The van der Waals surface area contributed by atoms with Crippen LogP contribution in [0.25, 0.3) is 10.2 Å². The summed E-state index contributed by atoms with van der Waals surface area (Å²) in [6, 6.07) is 6.25. The summed E-state index contributed by atoms with van der Waals surface area (Å²) in [6.45, 7) is 9.96. The van der Waals surface area contributed by atoms with Crippen LogP contribution in [0, 0.1) is 13.8 Å². The van der Waals surface area contributed by atoms with Crippen LogP contribution >= 0.6 is 11.3 Å². The maximum absolute atomic E-state index is 11.8. The SMILES string of the molecule is Cc1sc2ncnc(N3CCCN(Cc4ccc5c(c4)CNC5=O)CC3)c2c1C. The van der Waals surface area contributed by atoms with E-state index in [0.29, 0.717) is 6.54 Å². The average Bonchev–Trinajstić information content (AvgIpc) is 3.12. The Morgan fingerprint density at radius 3 is 2.93 bits per heavy atom. The Morgan fingerprint density at radius 1 is 1.14 bits per heavy atom. The first-order valence-electron chi connectivity index (χ1n) is 10.2. The molecule has 5 rings (SSSR count). The first-order valence-corrected chi connectivity index (χ1v) is 11.0. The number of thiophene rings is 1. The highest BCUT2D eigenvalue weighted by Crippen LogP contribution is 2.34. The molecule has 1 amide bonds. The minimum absolute atomic E-state index is 0.0482. The summed E-state index contributed by atoms with van der Waals surface area (Å²) in [5.74, 6) is 1.13. The second kappa shape index (κ2) is 7.39. The molecule has 2 aromatic heterocycles. The fourth-order valence-corrected chi connectivity index (χ4v) is 5.38. The molecule has 4 heterocycles. The summed E-state index contributed by atoms with van der Waals surface area (Å²) < 4.78 is 0. The zero-order valence-electron chi connectivity index (χ0n) is 16.9. The van der Waals surface area contributed by atoms with Gasteiger partial charge < -0.3 is 10.2 Å². The zero-order chi connectivity index (χ0) is 20.0. The molecule has 0 saturated carbocycles. The fourth-order valence-electron chi connectivity index (χ4n) is 4.39. The third-order valence-corrected chi connectivity index (χ3v) is 7.21. The van der Waals surface area contributed by atoms with Gasteiger partial charge in [-0.25, -0.2) is 9.97 Å². The van der Waals surface area contributed by atoms with Crippen molar-refractivity contribution in [1.29, 1.82) is 0 Å². The third kappa shape index (κ3) is 3.38. The maximum Gasteiger partial charge on any atom is 0.251 e. The number of amides is 1. The van der Waals surface area contributed by atoms with Crippen molar-refractivity contribution in [2.24, 2.45) is 0 Å². The van der Waals surface area contributed by atoms with Gasteiger partial charge in [0.1, 0.15) is 17.0 Å². The van der Waals surface area contributed by atoms with Gasteiger partial charge >= 0.3 is 0 Å². The Bertz CT molecular complexity index is 1090. The summed E-state index contributed by atoms with van der Waals surface area (Å²) >= 11 is 1.76. The molecule has 1 aromatic carbocycles. The molecule has 0 radical (unpaired) electrons. The summed E-state index contributed by atoms with van der Waals surface area (Å²) in [4.78, 5) is 28.3. The third-order valence-electron chi connectivity index (χ3n) is 6.09. The Balaban J connectivity index is 1.32. The van der Waals surface area contributed by atoms with Crippen molar-refractivity contribution < 1.29 is 4.79 Å². The van der Waals surface area contributed by atoms with Gasteiger partial charge in [0.05, 0.1) is 5.39 Å². The molecule has 1 saturated heterocycles. The van der Waals surface area contributed by atoms with Gasteiger partial charge in [0.25, 0.3) is 5.91 Å². The Hall–Kier alpha value is -2.51. The molecule has 1 fully saturated rings.